The molecule has 0 fully saturated rings. The second-order valence-electron chi connectivity index (χ2n) is 9.83. The molecule has 0 unspecified atom stereocenters. The van der Waals surface area contributed by atoms with Crippen molar-refractivity contribution in [3.8, 4) is 6.01 Å². The summed E-state index contributed by atoms with van der Waals surface area (Å²) in [5.74, 6) is -0.00540. The summed E-state index contributed by atoms with van der Waals surface area (Å²) in [5.41, 5.74) is 8.13. The molecule has 14 heteroatoms. The Morgan fingerprint density at radius 1 is 0.907 bits per heavy atom. The number of benzene rings is 1. The summed E-state index contributed by atoms with van der Waals surface area (Å²) in [6.45, 7) is 4.20. The molecule has 0 radical (unpaired) electrons. The van der Waals surface area contributed by atoms with Gasteiger partial charge in [-0.1, -0.05) is 24.3 Å². The van der Waals surface area contributed by atoms with Gasteiger partial charge in [0.15, 0.2) is 11.5 Å². The maximum Gasteiger partial charge on any atom is 0.328 e. The predicted molar refractivity (Wildman–Crippen MR) is 158 cm³/mol. The van der Waals surface area contributed by atoms with Crippen LogP contribution in [-0.4, -0.2) is 90.3 Å². The molecule has 0 aliphatic rings. The van der Waals surface area contributed by atoms with Crippen molar-refractivity contribution < 1.29 is 33.3 Å². The van der Waals surface area contributed by atoms with Crippen molar-refractivity contribution in [1.82, 2.24) is 24.8 Å². The topological polar surface area (TPSA) is 190 Å². The van der Waals surface area contributed by atoms with E-state index in [0.717, 1.165) is 11.1 Å². The largest absolute Gasteiger partial charge is 0.461 e. The van der Waals surface area contributed by atoms with Crippen LogP contribution in [0.3, 0.4) is 0 Å². The van der Waals surface area contributed by atoms with Crippen LogP contribution in [0, 0.1) is 0 Å². The van der Waals surface area contributed by atoms with Crippen LogP contribution >= 0.6 is 0 Å². The van der Waals surface area contributed by atoms with Gasteiger partial charge in [-0.05, 0) is 24.5 Å². The number of fused-ring (bicyclic) bond motifs is 1. The molecule has 0 saturated carbocycles. The van der Waals surface area contributed by atoms with Crippen LogP contribution in [0.2, 0.25) is 0 Å². The van der Waals surface area contributed by atoms with Crippen LogP contribution in [0.5, 0.6) is 6.01 Å². The van der Waals surface area contributed by atoms with E-state index in [4.69, 9.17) is 24.7 Å². The molecule has 2 heterocycles. The lowest BCUT2D eigenvalue weighted by atomic mass is 10.0. The number of H-pyrrole nitrogens is 1. The second kappa shape index (κ2) is 17.7. The maximum atomic E-state index is 12.6. The van der Waals surface area contributed by atoms with Crippen molar-refractivity contribution in [3.63, 3.8) is 0 Å². The highest BCUT2D eigenvalue weighted by Crippen LogP contribution is 2.19. The number of ketones is 2. The Morgan fingerprint density at radius 3 is 2.35 bits per heavy atom. The Kier molecular flexibility index (Phi) is 13.8. The first-order valence-corrected chi connectivity index (χ1v) is 14.2. The van der Waals surface area contributed by atoms with E-state index in [1.165, 1.54) is 11.5 Å². The number of aryl methyl sites for hydroxylation is 1. The molecule has 0 bridgehead atoms. The van der Waals surface area contributed by atoms with Gasteiger partial charge in [0.2, 0.25) is 5.91 Å². The van der Waals surface area contributed by atoms with E-state index < -0.39 is 0 Å². The summed E-state index contributed by atoms with van der Waals surface area (Å²) >= 11 is 0. The average Bonchev–Trinajstić information content (AvgIpc) is 3.29. The number of ether oxygens (including phenoxy) is 4. The molecule has 4 N–H and O–H groups in total. The van der Waals surface area contributed by atoms with E-state index >= 15 is 0 Å². The summed E-state index contributed by atoms with van der Waals surface area (Å²) in [4.78, 5) is 58.9. The summed E-state index contributed by atoms with van der Waals surface area (Å²) in [5, 5.41) is 2.73. The van der Waals surface area contributed by atoms with E-state index in [2.05, 4.69) is 20.3 Å². The van der Waals surface area contributed by atoms with Crippen LogP contribution in [0.1, 0.15) is 43.7 Å². The fourth-order valence-corrected chi connectivity index (χ4v) is 4.00. The Labute approximate surface area is 249 Å². The van der Waals surface area contributed by atoms with Gasteiger partial charge in [-0.15, -0.1) is 0 Å². The molecule has 0 aliphatic heterocycles. The molecule has 1 amide bonds. The van der Waals surface area contributed by atoms with Gasteiger partial charge in [0, 0.05) is 39.3 Å². The third-order valence-electron chi connectivity index (χ3n) is 6.37. The number of rotatable bonds is 21. The van der Waals surface area contributed by atoms with Gasteiger partial charge < -0.3 is 35.0 Å². The summed E-state index contributed by atoms with van der Waals surface area (Å²) in [6.07, 6.45) is 1.54. The first kappa shape index (κ1) is 33.4. The van der Waals surface area contributed by atoms with Crippen molar-refractivity contribution in [3.05, 3.63) is 45.9 Å². The standard InChI is InChI=1S/C29H40N6O8/c1-20(36)11-13-41-16-17-42-14-12-31-24(38)10-9-23(37)8-7-21-3-5-22(6-4-21)19-35-27-25(32-29(35)39)26(30)33-28(34-27)43-18-15-40-2/h3-6H,7-19H2,1-2H3,(H,31,38)(H,32,39)(H2,30,33,34). The Hall–Kier alpha value is -4.14. The zero-order valence-corrected chi connectivity index (χ0v) is 24.7. The molecular formula is C29H40N6O8. The van der Waals surface area contributed by atoms with Crippen molar-refractivity contribution in [2.45, 2.75) is 45.6 Å². The molecule has 234 valence electrons. The average molecular weight is 601 g/mol. The number of nitrogens with one attached hydrogen (secondary N) is 2. The van der Waals surface area contributed by atoms with E-state index in [0.29, 0.717) is 70.0 Å². The van der Waals surface area contributed by atoms with Gasteiger partial charge in [0.1, 0.15) is 23.7 Å². The third-order valence-corrected chi connectivity index (χ3v) is 6.37. The number of aromatic amines is 1. The quantitative estimate of drug-likeness (QED) is 0.149. The lowest BCUT2D eigenvalue weighted by Crippen LogP contribution is -2.28. The first-order valence-electron chi connectivity index (χ1n) is 14.2. The molecule has 14 nitrogen and oxygen atoms in total. The number of carbonyl (C=O) groups is 3. The van der Waals surface area contributed by atoms with Gasteiger partial charge in [-0.2, -0.15) is 9.97 Å². The van der Waals surface area contributed by atoms with Crippen LogP contribution in [0.4, 0.5) is 5.82 Å². The fourth-order valence-electron chi connectivity index (χ4n) is 4.00. The SMILES string of the molecule is COCCOc1nc(N)c2[nH]c(=O)n(Cc3ccc(CCC(=O)CCC(=O)NCCOCCOCCC(C)=O)cc3)c2n1. The van der Waals surface area contributed by atoms with E-state index in [1.807, 2.05) is 24.3 Å². The highest BCUT2D eigenvalue weighted by atomic mass is 16.5. The molecular weight excluding hydrogens is 560 g/mol. The lowest BCUT2D eigenvalue weighted by molar-refractivity contribution is -0.125. The number of aromatic nitrogens is 4. The number of methoxy groups -OCH3 is 1. The summed E-state index contributed by atoms with van der Waals surface area (Å²) in [7, 11) is 1.55. The van der Waals surface area contributed by atoms with Gasteiger partial charge in [-0.25, -0.2) is 4.79 Å². The number of carbonyl (C=O) groups excluding carboxylic acids is 3. The Bertz CT molecular complexity index is 1400. The van der Waals surface area contributed by atoms with Crippen molar-refractivity contribution in [1.29, 1.82) is 0 Å². The number of hydrogen-bond donors (Lipinski definition) is 3. The van der Waals surface area contributed by atoms with Crippen LogP contribution in [-0.2, 0) is 41.6 Å². The van der Waals surface area contributed by atoms with Gasteiger partial charge >= 0.3 is 11.7 Å². The predicted octanol–water partition coefficient (Wildman–Crippen LogP) is 1.19. The molecule has 1 aromatic carbocycles. The molecule has 43 heavy (non-hydrogen) atoms. The Morgan fingerprint density at radius 2 is 1.63 bits per heavy atom. The summed E-state index contributed by atoms with van der Waals surface area (Å²) < 4.78 is 22.5. The number of imidazole rings is 1. The minimum Gasteiger partial charge on any atom is -0.461 e. The zero-order valence-electron chi connectivity index (χ0n) is 24.7. The van der Waals surface area contributed by atoms with Crippen LogP contribution < -0.4 is 21.5 Å². The molecule has 3 rings (SSSR count). The third kappa shape index (κ3) is 11.6. The highest BCUT2D eigenvalue weighted by Gasteiger charge is 2.15. The number of amides is 1. The van der Waals surface area contributed by atoms with E-state index in [-0.39, 0.29) is 61.0 Å². The normalized spacial score (nSPS) is 11.1. The smallest absolute Gasteiger partial charge is 0.328 e. The number of Topliss-reactive ketones (excluding diaryl/α,β-unsaturated/α-hetero) is 2. The minimum atomic E-state index is -0.372. The van der Waals surface area contributed by atoms with Gasteiger partial charge in [0.25, 0.3) is 0 Å². The second-order valence-corrected chi connectivity index (χ2v) is 9.83. The number of nitrogen functional groups attached to an aromatic ring is 1. The fraction of sp³-hybridized carbons (Fsp3) is 0.517. The molecule has 0 aliphatic carbocycles. The van der Waals surface area contributed by atoms with Crippen molar-refractivity contribution >= 4 is 34.5 Å². The van der Waals surface area contributed by atoms with Crippen LogP contribution in [0.25, 0.3) is 11.2 Å². The Balaban J connectivity index is 1.37. The van der Waals surface area contributed by atoms with Gasteiger partial charge in [0.05, 0.1) is 39.6 Å². The summed E-state index contributed by atoms with van der Waals surface area (Å²) in [6, 6.07) is 7.65. The molecule has 0 atom stereocenters. The number of anilines is 1. The maximum absolute atomic E-state index is 12.6. The van der Waals surface area contributed by atoms with Gasteiger partial charge in [-0.3, -0.25) is 19.0 Å². The number of nitrogens with zero attached hydrogens (tertiary/aromatic N) is 3. The first-order chi connectivity index (χ1) is 20.8. The number of nitrogens with two attached hydrogens (primary N) is 1. The highest BCUT2D eigenvalue weighted by molar-refractivity contribution is 5.85. The lowest BCUT2D eigenvalue weighted by Gasteiger charge is -2.08. The van der Waals surface area contributed by atoms with E-state index in [1.54, 1.807) is 7.11 Å². The minimum absolute atomic E-state index is 0.00401. The number of hydrogen-bond acceptors (Lipinski definition) is 11. The van der Waals surface area contributed by atoms with Crippen molar-refractivity contribution in [2.24, 2.45) is 0 Å². The monoisotopic (exact) mass is 600 g/mol. The molecule has 0 saturated heterocycles. The molecule has 2 aromatic heterocycles. The molecule has 3 aromatic rings. The zero-order chi connectivity index (χ0) is 31.0. The van der Waals surface area contributed by atoms with Crippen molar-refractivity contribution in [2.75, 3.05) is 59.0 Å². The van der Waals surface area contributed by atoms with Crippen LogP contribution in [0.15, 0.2) is 29.1 Å². The molecule has 0 spiro atoms. The van der Waals surface area contributed by atoms with E-state index in [9.17, 15) is 19.2 Å².